The maximum absolute atomic E-state index is 5.49. The number of aliphatic imine (C=N–C) groups is 1. The van der Waals surface area contributed by atoms with Gasteiger partial charge in [0.15, 0.2) is 5.96 Å². The first-order valence-corrected chi connectivity index (χ1v) is 7.95. The third kappa shape index (κ3) is 7.39. The van der Waals surface area contributed by atoms with Crippen LogP contribution in [-0.2, 0) is 0 Å². The molecule has 1 atom stereocenters. The number of methoxy groups -OCH3 is 1. The van der Waals surface area contributed by atoms with Crippen molar-refractivity contribution in [2.75, 3.05) is 40.8 Å². The van der Waals surface area contributed by atoms with Gasteiger partial charge in [0.1, 0.15) is 5.75 Å². The Hall–Kier alpha value is -1.02. The van der Waals surface area contributed by atoms with Gasteiger partial charge in [-0.05, 0) is 33.5 Å². The first-order valence-electron chi connectivity index (χ1n) is 7.95. The number of hydrogen-bond donors (Lipinski definition) is 2. The molecule has 1 unspecified atom stereocenters. The number of nitrogens with zero attached hydrogens (tertiary/aromatic N) is 2. The number of halogens is 1. The van der Waals surface area contributed by atoms with Gasteiger partial charge in [-0.15, -0.1) is 24.0 Å². The van der Waals surface area contributed by atoms with Crippen LogP contribution in [0.25, 0.3) is 0 Å². The van der Waals surface area contributed by atoms with Crippen molar-refractivity contribution in [1.82, 2.24) is 15.5 Å². The molecule has 0 saturated heterocycles. The highest BCUT2D eigenvalue weighted by Crippen LogP contribution is 2.27. The van der Waals surface area contributed by atoms with Gasteiger partial charge in [0.25, 0.3) is 0 Å². The standard InChI is InChI=1S/C17H30N4O.HI/c1-6-12-19-17(18-7-2)20-13-15(21(3)4)14-10-8-9-11-16(14)22-5;/h8-11,15H,6-7,12-13H2,1-5H3,(H2,18,19,20);1H. The van der Waals surface area contributed by atoms with Gasteiger partial charge in [0, 0.05) is 18.7 Å². The van der Waals surface area contributed by atoms with Crippen LogP contribution < -0.4 is 15.4 Å². The van der Waals surface area contributed by atoms with Crippen molar-refractivity contribution in [3.8, 4) is 5.75 Å². The van der Waals surface area contributed by atoms with Crippen LogP contribution in [0.5, 0.6) is 5.75 Å². The molecule has 23 heavy (non-hydrogen) atoms. The summed E-state index contributed by atoms with van der Waals surface area (Å²) < 4.78 is 5.49. The van der Waals surface area contributed by atoms with Gasteiger partial charge in [0.05, 0.1) is 19.7 Å². The van der Waals surface area contributed by atoms with Gasteiger partial charge in [-0.2, -0.15) is 0 Å². The molecule has 0 fully saturated rings. The van der Waals surface area contributed by atoms with Gasteiger partial charge in [-0.25, -0.2) is 0 Å². The number of para-hydroxylation sites is 1. The Morgan fingerprint density at radius 2 is 1.91 bits per heavy atom. The Labute approximate surface area is 157 Å². The highest BCUT2D eigenvalue weighted by Gasteiger charge is 2.17. The average Bonchev–Trinajstić information content (AvgIpc) is 2.52. The molecular weight excluding hydrogens is 403 g/mol. The summed E-state index contributed by atoms with van der Waals surface area (Å²) in [6.07, 6.45) is 1.08. The second-order valence-electron chi connectivity index (χ2n) is 5.37. The van der Waals surface area contributed by atoms with E-state index in [1.54, 1.807) is 7.11 Å². The summed E-state index contributed by atoms with van der Waals surface area (Å²) in [6.45, 7) is 6.68. The fraction of sp³-hybridized carbons (Fsp3) is 0.588. The van der Waals surface area contributed by atoms with Crippen LogP contribution in [0.15, 0.2) is 29.3 Å². The van der Waals surface area contributed by atoms with Crippen LogP contribution >= 0.6 is 24.0 Å². The number of hydrogen-bond acceptors (Lipinski definition) is 3. The second kappa shape index (κ2) is 12.4. The molecule has 0 bridgehead atoms. The number of rotatable bonds is 8. The Kier molecular flexibility index (Phi) is 11.9. The fourth-order valence-corrected chi connectivity index (χ4v) is 2.24. The van der Waals surface area contributed by atoms with Gasteiger partial charge in [-0.1, -0.05) is 25.1 Å². The Morgan fingerprint density at radius 3 is 2.48 bits per heavy atom. The lowest BCUT2D eigenvalue weighted by Crippen LogP contribution is -2.38. The Balaban J connectivity index is 0.00000484. The van der Waals surface area contributed by atoms with Gasteiger partial charge < -0.3 is 20.3 Å². The van der Waals surface area contributed by atoms with E-state index in [0.29, 0.717) is 6.54 Å². The molecular formula is C17H31IN4O. The highest BCUT2D eigenvalue weighted by molar-refractivity contribution is 14.0. The predicted molar refractivity (Wildman–Crippen MR) is 109 cm³/mol. The van der Waals surface area contributed by atoms with Crippen molar-refractivity contribution in [1.29, 1.82) is 0 Å². The number of ether oxygens (including phenoxy) is 1. The maximum Gasteiger partial charge on any atom is 0.191 e. The lowest BCUT2D eigenvalue weighted by molar-refractivity contribution is 0.295. The van der Waals surface area contributed by atoms with Crippen LogP contribution in [0, 0.1) is 0 Å². The number of nitrogens with one attached hydrogen (secondary N) is 2. The zero-order valence-corrected chi connectivity index (χ0v) is 17.3. The van der Waals surface area contributed by atoms with Crippen LogP contribution in [0.2, 0.25) is 0 Å². The summed E-state index contributed by atoms with van der Waals surface area (Å²) in [5.74, 6) is 1.77. The second-order valence-corrected chi connectivity index (χ2v) is 5.37. The molecule has 1 rings (SSSR count). The average molecular weight is 434 g/mol. The zero-order valence-electron chi connectivity index (χ0n) is 14.9. The first kappa shape index (κ1) is 22.0. The largest absolute Gasteiger partial charge is 0.496 e. The molecule has 0 aromatic heterocycles. The molecule has 0 spiro atoms. The molecule has 2 N–H and O–H groups in total. The zero-order chi connectivity index (χ0) is 16.4. The maximum atomic E-state index is 5.49. The quantitative estimate of drug-likeness (QED) is 0.376. The molecule has 0 heterocycles. The number of guanidine groups is 1. The molecule has 0 amide bonds. The third-order valence-electron chi connectivity index (χ3n) is 3.43. The topological polar surface area (TPSA) is 48.9 Å². The van der Waals surface area contributed by atoms with Gasteiger partial charge >= 0.3 is 0 Å². The van der Waals surface area contributed by atoms with Crippen molar-refractivity contribution in [3.05, 3.63) is 29.8 Å². The van der Waals surface area contributed by atoms with E-state index in [1.807, 2.05) is 18.2 Å². The Bertz CT molecular complexity index is 466. The van der Waals surface area contributed by atoms with E-state index in [4.69, 9.17) is 9.73 Å². The van der Waals surface area contributed by atoms with Crippen molar-refractivity contribution in [2.45, 2.75) is 26.3 Å². The lowest BCUT2D eigenvalue weighted by Gasteiger charge is -2.25. The summed E-state index contributed by atoms with van der Waals surface area (Å²) in [7, 11) is 5.85. The minimum Gasteiger partial charge on any atom is -0.496 e. The molecule has 6 heteroatoms. The van der Waals surface area contributed by atoms with E-state index >= 15 is 0 Å². The normalized spacial score (nSPS) is 12.5. The van der Waals surface area contributed by atoms with E-state index in [-0.39, 0.29) is 30.0 Å². The first-order chi connectivity index (χ1) is 10.6. The summed E-state index contributed by atoms with van der Waals surface area (Å²) in [4.78, 5) is 6.89. The van der Waals surface area contributed by atoms with Gasteiger partial charge in [-0.3, -0.25) is 4.99 Å². The highest BCUT2D eigenvalue weighted by atomic mass is 127. The van der Waals surface area contributed by atoms with Gasteiger partial charge in [0.2, 0.25) is 0 Å². The minimum atomic E-state index is 0. The lowest BCUT2D eigenvalue weighted by atomic mass is 10.0. The van der Waals surface area contributed by atoms with E-state index < -0.39 is 0 Å². The summed E-state index contributed by atoms with van der Waals surface area (Å²) in [6, 6.07) is 8.30. The summed E-state index contributed by atoms with van der Waals surface area (Å²) in [5.41, 5.74) is 1.16. The monoisotopic (exact) mass is 434 g/mol. The van der Waals surface area contributed by atoms with Crippen LogP contribution in [0.3, 0.4) is 0 Å². The molecule has 5 nitrogen and oxygen atoms in total. The van der Waals surface area contributed by atoms with Crippen LogP contribution in [0.1, 0.15) is 31.9 Å². The molecule has 1 aromatic rings. The molecule has 0 saturated carbocycles. The third-order valence-corrected chi connectivity index (χ3v) is 3.43. The fourth-order valence-electron chi connectivity index (χ4n) is 2.24. The molecule has 0 radical (unpaired) electrons. The predicted octanol–water partition coefficient (Wildman–Crippen LogP) is 2.88. The smallest absolute Gasteiger partial charge is 0.191 e. The van der Waals surface area contributed by atoms with E-state index in [1.165, 1.54) is 0 Å². The van der Waals surface area contributed by atoms with E-state index in [2.05, 4.69) is 49.5 Å². The van der Waals surface area contributed by atoms with E-state index in [9.17, 15) is 0 Å². The summed E-state index contributed by atoms with van der Waals surface area (Å²) in [5, 5.41) is 6.61. The molecule has 0 aliphatic carbocycles. The van der Waals surface area contributed by atoms with Crippen molar-refractivity contribution in [2.24, 2.45) is 4.99 Å². The van der Waals surface area contributed by atoms with Crippen LogP contribution in [-0.4, -0.2) is 51.7 Å². The molecule has 0 aliphatic heterocycles. The molecule has 1 aromatic carbocycles. The van der Waals surface area contributed by atoms with E-state index in [0.717, 1.165) is 36.8 Å². The summed E-state index contributed by atoms with van der Waals surface area (Å²) >= 11 is 0. The Morgan fingerprint density at radius 1 is 1.22 bits per heavy atom. The van der Waals surface area contributed by atoms with Crippen molar-refractivity contribution < 1.29 is 4.74 Å². The van der Waals surface area contributed by atoms with Crippen LogP contribution in [0.4, 0.5) is 0 Å². The van der Waals surface area contributed by atoms with Crippen molar-refractivity contribution >= 4 is 29.9 Å². The molecule has 0 aliphatic rings. The minimum absolute atomic E-state index is 0. The number of benzene rings is 1. The molecule has 132 valence electrons. The number of likely N-dealkylation sites (N-methyl/N-ethyl adjacent to an activating group) is 1. The SMILES string of the molecule is CCCNC(=NCC(c1ccccc1OC)N(C)C)NCC.I. The van der Waals surface area contributed by atoms with Crippen molar-refractivity contribution in [3.63, 3.8) is 0 Å².